The molecule has 3 aromatic heterocycles. The van der Waals surface area contributed by atoms with Crippen LogP contribution in [0.25, 0.3) is 23.1 Å². The minimum absolute atomic E-state index is 0.255. The molecule has 0 saturated heterocycles. The third-order valence-corrected chi connectivity index (χ3v) is 6.41. The average Bonchev–Trinajstić information content (AvgIpc) is 3.14. The predicted molar refractivity (Wildman–Crippen MR) is 128 cm³/mol. The molecule has 1 aromatic carbocycles. The molecule has 4 rings (SSSR count). The molecule has 0 spiro atoms. The topological polar surface area (TPSA) is 105 Å². The van der Waals surface area contributed by atoms with E-state index in [2.05, 4.69) is 20.2 Å². The molecule has 0 bridgehead atoms. The van der Waals surface area contributed by atoms with Gasteiger partial charge in [-0.3, -0.25) is 10.1 Å². The number of nitrogens with one attached hydrogen (secondary N) is 2. The van der Waals surface area contributed by atoms with Crippen molar-refractivity contribution in [1.82, 2.24) is 20.2 Å². The Morgan fingerprint density at radius 2 is 1.88 bits per heavy atom. The van der Waals surface area contributed by atoms with E-state index < -0.39 is 9.73 Å². The molecule has 2 atom stereocenters. The zero-order valence-corrected chi connectivity index (χ0v) is 19.5. The van der Waals surface area contributed by atoms with Gasteiger partial charge in [0, 0.05) is 35.8 Å². The molecule has 2 N–H and O–H groups in total. The summed E-state index contributed by atoms with van der Waals surface area (Å²) >= 11 is 12.5. The van der Waals surface area contributed by atoms with E-state index in [-0.39, 0.29) is 11.1 Å². The van der Waals surface area contributed by atoms with E-state index in [9.17, 15) is 4.21 Å². The molecule has 0 aliphatic heterocycles. The monoisotopic (exact) mass is 487 g/mol. The Balaban J connectivity index is 1.58. The van der Waals surface area contributed by atoms with Gasteiger partial charge in [-0.15, -0.1) is 0 Å². The van der Waals surface area contributed by atoms with Crippen molar-refractivity contribution in [2.75, 3.05) is 6.26 Å². The van der Waals surface area contributed by atoms with Crippen molar-refractivity contribution in [2.24, 2.45) is 0 Å². The number of H-pyrrole nitrogens is 1. The van der Waals surface area contributed by atoms with Gasteiger partial charge in [-0.05, 0) is 42.8 Å². The molecule has 0 amide bonds. The Hall–Kier alpha value is -2.94. The normalized spacial score (nSPS) is 14.5. The number of hydrogen-bond donors (Lipinski definition) is 2. The smallest absolute Gasteiger partial charge is 0.135 e. The van der Waals surface area contributed by atoms with Gasteiger partial charge in [-0.1, -0.05) is 35.3 Å². The first-order chi connectivity index (χ1) is 15.2. The maximum absolute atomic E-state index is 11.8. The van der Waals surface area contributed by atoms with Gasteiger partial charge in [-0.25, -0.2) is 14.0 Å². The van der Waals surface area contributed by atoms with Gasteiger partial charge in [0.2, 0.25) is 0 Å². The first-order valence-corrected chi connectivity index (χ1v) is 12.3. The predicted octanol–water partition coefficient (Wildman–Crippen LogP) is 6.01. The fourth-order valence-electron chi connectivity index (χ4n) is 3.18. The highest BCUT2D eigenvalue weighted by atomic mass is 35.5. The Bertz CT molecular complexity index is 1400. The molecule has 10 heteroatoms. The fourth-order valence-corrected chi connectivity index (χ4v) is 4.44. The molecule has 2 unspecified atom stereocenters. The van der Waals surface area contributed by atoms with Gasteiger partial charge in [0.1, 0.15) is 16.9 Å². The SMILES string of the molecule is CC(Oc1ccc2[nH]nc(/C=C/c3ccc(S(C)(=N)=O)nc3)c2c1)c1c(Cl)cncc1Cl. The summed E-state index contributed by atoms with van der Waals surface area (Å²) in [7, 11) is -2.83. The molecule has 0 fully saturated rings. The summed E-state index contributed by atoms with van der Waals surface area (Å²) in [5, 5.41) is 9.39. The molecule has 0 radical (unpaired) electrons. The molecular weight excluding hydrogens is 469 g/mol. The Labute approximate surface area is 195 Å². The number of pyridine rings is 2. The molecule has 32 heavy (non-hydrogen) atoms. The number of benzene rings is 1. The molecule has 0 aliphatic rings. The maximum atomic E-state index is 11.8. The summed E-state index contributed by atoms with van der Waals surface area (Å²) in [6, 6.07) is 9.00. The Morgan fingerprint density at radius 1 is 1.12 bits per heavy atom. The van der Waals surface area contributed by atoms with Crippen LogP contribution in [0.15, 0.2) is 53.9 Å². The van der Waals surface area contributed by atoms with Crippen LogP contribution in [0.1, 0.15) is 29.8 Å². The molecule has 7 nitrogen and oxygen atoms in total. The summed E-state index contributed by atoms with van der Waals surface area (Å²) in [6.45, 7) is 1.87. The zero-order chi connectivity index (χ0) is 22.9. The summed E-state index contributed by atoms with van der Waals surface area (Å²) in [5.41, 5.74) is 3.06. The molecule has 3 heterocycles. The van der Waals surface area contributed by atoms with Crippen LogP contribution in [0, 0.1) is 4.78 Å². The molecule has 164 valence electrons. The van der Waals surface area contributed by atoms with E-state index in [1.165, 1.54) is 18.6 Å². The summed E-state index contributed by atoms with van der Waals surface area (Å²) in [5.74, 6) is 0.643. The second-order valence-electron chi connectivity index (χ2n) is 7.20. The quantitative estimate of drug-likeness (QED) is 0.346. The maximum Gasteiger partial charge on any atom is 0.135 e. The lowest BCUT2D eigenvalue weighted by Crippen LogP contribution is -2.05. The lowest BCUT2D eigenvalue weighted by molar-refractivity contribution is 0.227. The van der Waals surface area contributed by atoms with E-state index in [1.807, 2.05) is 37.3 Å². The van der Waals surface area contributed by atoms with Crippen LogP contribution in [0.3, 0.4) is 0 Å². The molecule has 0 saturated carbocycles. The average molecular weight is 488 g/mol. The number of aromatic amines is 1. The van der Waals surface area contributed by atoms with Crippen molar-refractivity contribution in [1.29, 1.82) is 4.78 Å². The minimum atomic E-state index is -2.83. The van der Waals surface area contributed by atoms with Gasteiger partial charge in [0.15, 0.2) is 0 Å². The number of halogens is 2. The second-order valence-corrected chi connectivity index (χ2v) is 10.1. The second kappa shape index (κ2) is 8.90. The summed E-state index contributed by atoms with van der Waals surface area (Å²) in [6.07, 6.45) is 9.32. The zero-order valence-electron chi connectivity index (χ0n) is 17.2. The summed E-state index contributed by atoms with van der Waals surface area (Å²) in [4.78, 5) is 8.09. The molecular formula is C22H19Cl2N5O2S. The van der Waals surface area contributed by atoms with E-state index in [1.54, 1.807) is 18.3 Å². The third-order valence-electron chi connectivity index (χ3n) is 4.77. The number of aromatic nitrogens is 4. The number of hydrogen-bond acceptors (Lipinski definition) is 6. The van der Waals surface area contributed by atoms with Gasteiger partial charge in [0.05, 0.1) is 31.0 Å². The van der Waals surface area contributed by atoms with Crippen LogP contribution < -0.4 is 4.74 Å². The number of ether oxygens (including phenoxy) is 1. The van der Waals surface area contributed by atoms with Crippen LogP contribution in [0.5, 0.6) is 5.75 Å². The third kappa shape index (κ3) is 4.77. The number of fused-ring (bicyclic) bond motifs is 1. The minimum Gasteiger partial charge on any atom is -0.486 e. The fraction of sp³-hybridized carbons (Fsp3) is 0.136. The van der Waals surface area contributed by atoms with E-state index in [0.29, 0.717) is 21.4 Å². The van der Waals surface area contributed by atoms with Crippen molar-refractivity contribution in [3.63, 3.8) is 0 Å². The first kappa shape index (κ1) is 22.3. The number of nitrogens with zero attached hydrogens (tertiary/aromatic N) is 3. The molecule has 4 aromatic rings. The number of rotatable bonds is 6. The largest absolute Gasteiger partial charge is 0.486 e. The van der Waals surface area contributed by atoms with E-state index in [0.717, 1.165) is 22.2 Å². The lowest BCUT2D eigenvalue weighted by Gasteiger charge is -2.17. The highest BCUT2D eigenvalue weighted by Gasteiger charge is 2.16. The van der Waals surface area contributed by atoms with E-state index >= 15 is 0 Å². The molecule has 0 aliphatic carbocycles. The Kier molecular flexibility index (Phi) is 6.19. The van der Waals surface area contributed by atoms with Crippen molar-refractivity contribution in [3.8, 4) is 5.75 Å². The van der Waals surface area contributed by atoms with Crippen LogP contribution >= 0.6 is 23.2 Å². The first-order valence-electron chi connectivity index (χ1n) is 9.54. The van der Waals surface area contributed by atoms with Gasteiger partial charge < -0.3 is 4.74 Å². The highest BCUT2D eigenvalue weighted by Crippen LogP contribution is 2.33. The van der Waals surface area contributed by atoms with Crippen LogP contribution in [-0.2, 0) is 9.73 Å². The van der Waals surface area contributed by atoms with Crippen molar-refractivity contribution >= 4 is 56.0 Å². The Morgan fingerprint density at radius 3 is 2.53 bits per heavy atom. The van der Waals surface area contributed by atoms with Gasteiger partial charge in [-0.2, -0.15) is 5.10 Å². The van der Waals surface area contributed by atoms with Crippen molar-refractivity contribution in [2.45, 2.75) is 18.1 Å². The summed E-state index contributed by atoms with van der Waals surface area (Å²) < 4.78 is 25.5. The van der Waals surface area contributed by atoms with Crippen LogP contribution in [-0.4, -0.2) is 30.6 Å². The van der Waals surface area contributed by atoms with Crippen molar-refractivity contribution in [3.05, 3.63) is 75.8 Å². The van der Waals surface area contributed by atoms with Crippen molar-refractivity contribution < 1.29 is 8.95 Å². The highest BCUT2D eigenvalue weighted by molar-refractivity contribution is 7.91. The van der Waals surface area contributed by atoms with E-state index in [4.69, 9.17) is 32.7 Å². The lowest BCUT2D eigenvalue weighted by atomic mass is 10.1. The standard InChI is InChI=1S/C22H19Cl2N5O2S/c1-13(22-17(23)11-26-12-18(22)24)31-15-5-7-20-16(9-15)19(28-29-20)6-3-14-4-8-21(27-10-14)32(2,25)30/h3-13,25H,1-2H3,(H,28,29)/b6-3+. The van der Waals surface area contributed by atoms with Crippen LogP contribution in [0.2, 0.25) is 10.0 Å². The van der Waals surface area contributed by atoms with Gasteiger partial charge in [0.25, 0.3) is 0 Å². The van der Waals surface area contributed by atoms with Crippen LogP contribution in [0.4, 0.5) is 0 Å². The van der Waals surface area contributed by atoms with Gasteiger partial charge >= 0.3 is 0 Å².